The van der Waals surface area contributed by atoms with Gasteiger partial charge in [-0.2, -0.15) is 0 Å². The first-order chi connectivity index (χ1) is 13.0. The number of hydrogen-bond donors (Lipinski definition) is 1. The number of piperidine rings is 1. The highest BCUT2D eigenvalue weighted by Crippen LogP contribution is 2.33. The Balaban J connectivity index is 1.48. The van der Waals surface area contributed by atoms with Gasteiger partial charge in [0.15, 0.2) is 0 Å². The maximum absolute atomic E-state index is 13.1. The van der Waals surface area contributed by atoms with Crippen LogP contribution in [-0.2, 0) is 9.53 Å². The fourth-order valence-corrected chi connectivity index (χ4v) is 4.36. The second-order valence-corrected chi connectivity index (χ2v) is 7.53. The van der Waals surface area contributed by atoms with Crippen molar-refractivity contribution in [3.05, 3.63) is 41.6 Å². The molecule has 4 rings (SSSR count). The van der Waals surface area contributed by atoms with Crippen LogP contribution in [0.4, 0.5) is 0 Å². The molecule has 0 bridgehead atoms. The second kappa shape index (κ2) is 7.27. The van der Waals surface area contributed by atoms with Crippen LogP contribution in [-0.4, -0.2) is 52.7 Å². The second-order valence-electron chi connectivity index (χ2n) is 7.53. The molecular weight excluding hydrogens is 344 g/mol. The van der Waals surface area contributed by atoms with E-state index < -0.39 is 11.9 Å². The Hall–Kier alpha value is -2.47. The summed E-state index contributed by atoms with van der Waals surface area (Å²) in [6.07, 6.45) is 1.91. The summed E-state index contributed by atoms with van der Waals surface area (Å²) >= 11 is 0. The zero-order valence-corrected chi connectivity index (χ0v) is 15.4. The van der Waals surface area contributed by atoms with E-state index in [2.05, 4.69) is 4.98 Å². The van der Waals surface area contributed by atoms with Gasteiger partial charge in [0, 0.05) is 30.8 Å². The van der Waals surface area contributed by atoms with Crippen LogP contribution >= 0.6 is 0 Å². The summed E-state index contributed by atoms with van der Waals surface area (Å²) in [4.78, 5) is 30.9. The van der Waals surface area contributed by atoms with Crippen molar-refractivity contribution in [1.29, 1.82) is 0 Å². The van der Waals surface area contributed by atoms with Gasteiger partial charge >= 0.3 is 5.97 Å². The van der Waals surface area contributed by atoms with Crippen molar-refractivity contribution in [1.82, 2.24) is 9.88 Å². The predicted molar refractivity (Wildman–Crippen MR) is 101 cm³/mol. The van der Waals surface area contributed by atoms with E-state index in [1.165, 1.54) is 0 Å². The highest BCUT2D eigenvalue weighted by molar-refractivity contribution is 6.05. The molecule has 0 saturated carbocycles. The van der Waals surface area contributed by atoms with E-state index in [0.717, 1.165) is 29.4 Å². The number of pyridine rings is 1. The van der Waals surface area contributed by atoms with Gasteiger partial charge in [-0.3, -0.25) is 14.6 Å². The molecule has 1 aromatic carbocycles. The molecule has 27 heavy (non-hydrogen) atoms. The Morgan fingerprint density at radius 1 is 1.15 bits per heavy atom. The van der Waals surface area contributed by atoms with E-state index in [1.54, 1.807) is 0 Å². The van der Waals surface area contributed by atoms with Crippen LogP contribution in [0.15, 0.2) is 30.3 Å². The van der Waals surface area contributed by atoms with Gasteiger partial charge in [-0.15, -0.1) is 0 Å². The van der Waals surface area contributed by atoms with Crippen LogP contribution in [0.2, 0.25) is 0 Å². The van der Waals surface area contributed by atoms with Crippen molar-refractivity contribution in [2.75, 3.05) is 19.7 Å². The summed E-state index contributed by atoms with van der Waals surface area (Å²) in [7, 11) is 0. The number of likely N-dealkylation sites (tertiary alicyclic amines) is 1. The van der Waals surface area contributed by atoms with Gasteiger partial charge in [0.2, 0.25) is 0 Å². The number of rotatable bonds is 3. The number of hydrogen-bond acceptors (Lipinski definition) is 4. The third kappa shape index (κ3) is 3.41. The number of benzene rings is 1. The lowest BCUT2D eigenvalue weighted by atomic mass is 9.84. The predicted octanol–water partition coefficient (Wildman–Crippen LogP) is 2.89. The minimum atomic E-state index is -0.770. The van der Waals surface area contributed by atoms with Crippen LogP contribution in [0.3, 0.4) is 0 Å². The average molecular weight is 368 g/mol. The van der Waals surface area contributed by atoms with Crippen LogP contribution in [0.25, 0.3) is 10.9 Å². The number of aromatic nitrogens is 1. The molecule has 1 N–H and O–H groups in total. The van der Waals surface area contributed by atoms with Gasteiger partial charge in [-0.25, -0.2) is 0 Å². The third-order valence-corrected chi connectivity index (χ3v) is 5.83. The molecule has 2 saturated heterocycles. The first-order valence-corrected chi connectivity index (χ1v) is 9.54. The fraction of sp³-hybridized carbons (Fsp3) is 0.476. The number of carbonyl (C=O) groups excluding carboxylic acids is 1. The number of nitrogens with zero attached hydrogens (tertiary/aromatic N) is 2. The molecule has 0 spiro atoms. The summed E-state index contributed by atoms with van der Waals surface area (Å²) in [6.45, 7) is 3.68. The molecular formula is C21H24N2O4. The van der Waals surface area contributed by atoms with Crippen LogP contribution in [0.5, 0.6) is 0 Å². The normalized spacial score (nSPS) is 23.7. The minimum Gasteiger partial charge on any atom is -0.481 e. The van der Waals surface area contributed by atoms with E-state index in [9.17, 15) is 14.7 Å². The lowest BCUT2D eigenvalue weighted by molar-refractivity contribution is -0.145. The zero-order chi connectivity index (χ0) is 19.0. The number of carboxylic acids is 1. The van der Waals surface area contributed by atoms with Gasteiger partial charge in [0.05, 0.1) is 23.1 Å². The number of carbonyl (C=O) groups is 2. The molecule has 6 heteroatoms. The topological polar surface area (TPSA) is 79.7 Å². The summed E-state index contributed by atoms with van der Waals surface area (Å²) in [5.41, 5.74) is 2.27. The molecule has 1 unspecified atom stereocenters. The van der Waals surface area contributed by atoms with Crippen molar-refractivity contribution in [3.63, 3.8) is 0 Å². The van der Waals surface area contributed by atoms with Crippen LogP contribution < -0.4 is 0 Å². The van der Waals surface area contributed by atoms with Gasteiger partial charge in [-0.1, -0.05) is 18.2 Å². The molecule has 1 amide bonds. The van der Waals surface area contributed by atoms with Crippen molar-refractivity contribution >= 4 is 22.8 Å². The number of fused-ring (bicyclic) bond motifs is 1. The minimum absolute atomic E-state index is 0.000671. The van der Waals surface area contributed by atoms with Gasteiger partial charge in [-0.05, 0) is 44.2 Å². The van der Waals surface area contributed by atoms with Gasteiger partial charge < -0.3 is 14.7 Å². The van der Waals surface area contributed by atoms with E-state index in [0.29, 0.717) is 31.7 Å². The van der Waals surface area contributed by atoms with Gasteiger partial charge in [0.25, 0.3) is 5.91 Å². The molecule has 6 nitrogen and oxygen atoms in total. The SMILES string of the molecule is Cc1ccc2cccc(C(=O)N3CCC([C@@H]4OCCC4C(=O)O)CC3)c2n1. The number of ether oxygens (including phenoxy) is 1. The molecule has 2 atom stereocenters. The van der Waals surface area contributed by atoms with Crippen molar-refractivity contribution in [2.24, 2.45) is 11.8 Å². The monoisotopic (exact) mass is 368 g/mol. The van der Waals surface area contributed by atoms with Crippen molar-refractivity contribution in [2.45, 2.75) is 32.3 Å². The number of para-hydroxylation sites is 1. The number of carboxylic acid groups (broad SMARTS) is 1. The quantitative estimate of drug-likeness (QED) is 0.901. The highest BCUT2D eigenvalue weighted by Gasteiger charge is 2.40. The Morgan fingerprint density at radius 2 is 1.93 bits per heavy atom. The summed E-state index contributed by atoms with van der Waals surface area (Å²) < 4.78 is 5.72. The number of aryl methyl sites for hydroxylation is 1. The van der Waals surface area contributed by atoms with Crippen LogP contribution in [0, 0.1) is 18.8 Å². The van der Waals surface area contributed by atoms with Crippen molar-refractivity contribution < 1.29 is 19.4 Å². The molecule has 2 aliphatic rings. The molecule has 2 aromatic rings. The smallest absolute Gasteiger partial charge is 0.309 e. The van der Waals surface area contributed by atoms with E-state index in [4.69, 9.17) is 4.74 Å². The summed E-state index contributed by atoms with van der Waals surface area (Å²) in [5, 5.41) is 10.3. The largest absolute Gasteiger partial charge is 0.481 e. The lowest BCUT2D eigenvalue weighted by Gasteiger charge is -2.35. The van der Waals surface area contributed by atoms with E-state index in [-0.39, 0.29) is 17.9 Å². The Kier molecular flexibility index (Phi) is 4.83. The highest BCUT2D eigenvalue weighted by atomic mass is 16.5. The average Bonchev–Trinajstić information content (AvgIpc) is 3.17. The first kappa shape index (κ1) is 17.9. The maximum atomic E-state index is 13.1. The Morgan fingerprint density at radius 3 is 2.67 bits per heavy atom. The third-order valence-electron chi connectivity index (χ3n) is 5.83. The molecule has 1 aromatic heterocycles. The van der Waals surface area contributed by atoms with Crippen molar-refractivity contribution in [3.8, 4) is 0 Å². The van der Waals surface area contributed by atoms with Gasteiger partial charge in [0.1, 0.15) is 0 Å². The molecule has 2 aliphatic heterocycles. The lowest BCUT2D eigenvalue weighted by Crippen LogP contribution is -2.43. The van der Waals surface area contributed by atoms with E-state index >= 15 is 0 Å². The number of aliphatic carboxylic acids is 1. The Labute approximate surface area is 158 Å². The Bertz CT molecular complexity index is 874. The summed E-state index contributed by atoms with van der Waals surface area (Å²) in [6, 6.07) is 9.63. The maximum Gasteiger partial charge on any atom is 0.309 e. The zero-order valence-electron chi connectivity index (χ0n) is 15.4. The van der Waals surface area contributed by atoms with Crippen LogP contribution in [0.1, 0.15) is 35.3 Å². The standard InChI is InChI=1S/C21H24N2O4/c1-13-5-6-14-3-2-4-16(18(14)22-13)20(24)23-10-7-15(8-11-23)19-17(21(25)26)9-12-27-19/h2-6,15,17,19H,7-12H2,1H3,(H,25,26)/t17?,19-/m0/s1. The molecule has 2 fully saturated rings. The molecule has 3 heterocycles. The molecule has 142 valence electrons. The molecule has 0 radical (unpaired) electrons. The number of amides is 1. The van der Waals surface area contributed by atoms with E-state index in [1.807, 2.05) is 42.2 Å². The summed E-state index contributed by atoms with van der Waals surface area (Å²) in [5.74, 6) is -0.986. The first-order valence-electron chi connectivity index (χ1n) is 9.54. The molecule has 0 aliphatic carbocycles. The fourth-order valence-electron chi connectivity index (χ4n) is 4.36.